The van der Waals surface area contributed by atoms with Gasteiger partial charge in [0.2, 0.25) is 11.8 Å². The summed E-state index contributed by atoms with van der Waals surface area (Å²) in [5.74, 6) is -0.646. The quantitative estimate of drug-likeness (QED) is 0.133. The van der Waals surface area contributed by atoms with Gasteiger partial charge in [-0.2, -0.15) is 0 Å². The number of carbonyl (C=O) groups excluding carboxylic acids is 2. The first kappa shape index (κ1) is 28.1. The highest BCUT2D eigenvalue weighted by atomic mass is 16.6. The van der Waals surface area contributed by atoms with E-state index in [1.54, 1.807) is 60.7 Å². The fourth-order valence-corrected chi connectivity index (χ4v) is 3.77. The van der Waals surface area contributed by atoms with Gasteiger partial charge in [-0.05, 0) is 89.4 Å². The Morgan fingerprint density at radius 1 is 0.561 bits per heavy atom. The molecule has 0 fully saturated rings. The fourth-order valence-electron chi connectivity index (χ4n) is 3.77. The number of nitro benzene ring substituents is 2. The molecule has 41 heavy (non-hydrogen) atoms. The van der Waals surface area contributed by atoms with Crippen LogP contribution in [-0.2, 0) is 16.0 Å². The minimum atomic E-state index is -0.479. The largest absolute Gasteiger partial charge is 0.323 e. The SMILES string of the molecule is O=C(C=Cc1ccc([N+](=O)[O-])cc1)Nc1ccc(Cc2ccc(NC(=O)C=Cc3ccc([N+](=O)[O-])cc3)cc2)cc1. The Kier molecular flexibility index (Phi) is 9.09. The lowest BCUT2D eigenvalue weighted by Crippen LogP contribution is -2.08. The molecule has 0 radical (unpaired) electrons. The smallest absolute Gasteiger partial charge is 0.269 e. The van der Waals surface area contributed by atoms with Crippen molar-refractivity contribution in [2.75, 3.05) is 10.6 Å². The van der Waals surface area contributed by atoms with Crippen molar-refractivity contribution in [3.05, 3.63) is 152 Å². The van der Waals surface area contributed by atoms with Crippen LogP contribution in [0.3, 0.4) is 0 Å². The molecule has 0 atom stereocenters. The van der Waals surface area contributed by atoms with Gasteiger partial charge in [0, 0.05) is 47.8 Å². The summed E-state index contributed by atoms with van der Waals surface area (Å²) in [4.78, 5) is 45.0. The molecule has 0 heterocycles. The van der Waals surface area contributed by atoms with E-state index in [4.69, 9.17) is 0 Å². The second-order valence-corrected chi connectivity index (χ2v) is 8.91. The van der Waals surface area contributed by atoms with Gasteiger partial charge in [-0.3, -0.25) is 29.8 Å². The molecule has 2 N–H and O–H groups in total. The van der Waals surface area contributed by atoms with Gasteiger partial charge in [0.25, 0.3) is 11.4 Å². The van der Waals surface area contributed by atoms with Gasteiger partial charge in [0.15, 0.2) is 0 Å². The van der Waals surface area contributed by atoms with E-state index >= 15 is 0 Å². The molecule has 4 aromatic carbocycles. The Balaban J connectivity index is 1.25. The highest BCUT2D eigenvalue weighted by Gasteiger charge is 2.05. The van der Waals surface area contributed by atoms with E-state index in [-0.39, 0.29) is 23.2 Å². The van der Waals surface area contributed by atoms with Crippen LogP contribution in [0.25, 0.3) is 12.2 Å². The standard InChI is InChI=1S/C31H24N4O6/c36-30(19-9-22-5-15-28(16-6-22)34(38)39)32-26-11-1-24(2-12-26)21-25-3-13-27(14-4-25)33-31(37)20-10-23-7-17-29(18-8-23)35(40)41/h1-20H,21H2,(H,32,36)(H,33,37). The number of benzene rings is 4. The topological polar surface area (TPSA) is 144 Å². The molecule has 0 saturated carbocycles. The predicted octanol–water partition coefficient (Wildman–Crippen LogP) is 6.40. The number of hydrogen-bond donors (Lipinski definition) is 2. The van der Waals surface area contributed by atoms with Crippen LogP contribution in [0, 0.1) is 20.2 Å². The van der Waals surface area contributed by atoms with Crippen molar-refractivity contribution >= 4 is 46.7 Å². The van der Waals surface area contributed by atoms with Gasteiger partial charge in [-0.1, -0.05) is 24.3 Å². The van der Waals surface area contributed by atoms with Crippen LogP contribution < -0.4 is 10.6 Å². The maximum Gasteiger partial charge on any atom is 0.269 e. The zero-order valence-electron chi connectivity index (χ0n) is 21.6. The Bertz CT molecular complexity index is 1490. The van der Waals surface area contributed by atoms with Crippen LogP contribution in [0.1, 0.15) is 22.3 Å². The second-order valence-electron chi connectivity index (χ2n) is 8.91. The Morgan fingerprint density at radius 2 is 0.902 bits per heavy atom. The zero-order chi connectivity index (χ0) is 29.2. The molecular weight excluding hydrogens is 524 g/mol. The van der Waals surface area contributed by atoms with Crippen LogP contribution in [0.15, 0.2) is 109 Å². The number of hydrogen-bond acceptors (Lipinski definition) is 6. The first-order valence-electron chi connectivity index (χ1n) is 12.4. The highest BCUT2D eigenvalue weighted by Crippen LogP contribution is 2.18. The lowest BCUT2D eigenvalue weighted by molar-refractivity contribution is -0.385. The van der Waals surface area contributed by atoms with Gasteiger partial charge < -0.3 is 10.6 Å². The number of nitro groups is 2. The van der Waals surface area contributed by atoms with Crippen LogP contribution in [0.2, 0.25) is 0 Å². The van der Waals surface area contributed by atoms with Gasteiger partial charge in [-0.25, -0.2) is 0 Å². The summed E-state index contributed by atoms with van der Waals surface area (Å²) in [5.41, 5.74) is 4.65. The van der Waals surface area contributed by atoms with E-state index < -0.39 is 9.85 Å². The van der Waals surface area contributed by atoms with Crippen molar-refractivity contribution in [1.82, 2.24) is 0 Å². The van der Waals surface area contributed by atoms with E-state index in [1.165, 1.54) is 36.4 Å². The highest BCUT2D eigenvalue weighted by molar-refractivity contribution is 6.02. The first-order chi connectivity index (χ1) is 19.7. The Hall–Kier alpha value is -5.90. The van der Waals surface area contributed by atoms with Crippen molar-refractivity contribution in [3.63, 3.8) is 0 Å². The van der Waals surface area contributed by atoms with E-state index in [9.17, 15) is 29.8 Å². The van der Waals surface area contributed by atoms with Crippen molar-refractivity contribution < 1.29 is 19.4 Å². The molecule has 10 nitrogen and oxygen atoms in total. The number of nitrogens with zero attached hydrogens (tertiary/aromatic N) is 2. The third kappa shape index (κ3) is 8.55. The molecule has 4 rings (SSSR count). The lowest BCUT2D eigenvalue weighted by atomic mass is 10.0. The predicted molar refractivity (Wildman–Crippen MR) is 157 cm³/mol. The molecule has 0 aliphatic heterocycles. The molecular formula is C31H24N4O6. The summed E-state index contributed by atoms with van der Waals surface area (Å²) in [6.45, 7) is 0. The van der Waals surface area contributed by atoms with Crippen LogP contribution in [-0.4, -0.2) is 21.7 Å². The van der Waals surface area contributed by atoms with Crippen LogP contribution >= 0.6 is 0 Å². The molecule has 204 valence electrons. The third-order valence-corrected chi connectivity index (χ3v) is 5.91. The number of nitrogens with one attached hydrogen (secondary N) is 2. The Morgan fingerprint density at radius 3 is 1.22 bits per heavy atom. The Labute approximate surface area is 235 Å². The average molecular weight is 549 g/mol. The molecule has 0 bridgehead atoms. The van der Waals surface area contributed by atoms with Gasteiger partial charge in [0.1, 0.15) is 0 Å². The summed E-state index contributed by atoms with van der Waals surface area (Å²) < 4.78 is 0. The minimum absolute atomic E-state index is 0.0133. The van der Waals surface area contributed by atoms with Crippen molar-refractivity contribution in [2.45, 2.75) is 6.42 Å². The third-order valence-electron chi connectivity index (χ3n) is 5.91. The summed E-state index contributed by atoms with van der Waals surface area (Å²) in [6, 6.07) is 26.7. The number of non-ortho nitro benzene ring substituents is 2. The van der Waals surface area contributed by atoms with Gasteiger partial charge >= 0.3 is 0 Å². The van der Waals surface area contributed by atoms with Crippen LogP contribution in [0.5, 0.6) is 0 Å². The van der Waals surface area contributed by atoms with E-state index in [1.807, 2.05) is 24.3 Å². The number of amides is 2. The van der Waals surface area contributed by atoms with E-state index in [0.717, 1.165) is 11.1 Å². The lowest BCUT2D eigenvalue weighted by Gasteiger charge is -2.07. The van der Waals surface area contributed by atoms with Crippen LogP contribution in [0.4, 0.5) is 22.7 Å². The summed E-state index contributed by atoms with van der Waals surface area (Å²) in [6.07, 6.45) is 6.54. The molecule has 0 unspecified atom stereocenters. The number of carbonyl (C=O) groups is 2. The van der Waals surface area contributed by atoms with Crippen molar-refractivity contribution in [3.8, 4) is 0 Å². The van der Waals surface area contributed by atoms with Crippen molar-refractivity contribution in [1.29, 1.82) is 0 Å². The van der Waals surface area contributed by atoms with E-state index in [0.29, 0.717) is 28.9 Å². The average Bonchev–Trinajstić information content (AvgIpc) is 2.97. The van der Waals surface area contributed by atoms with Gasteiger partial charge in [0.05, 0.1) is 9.85 Å². The molecule has 10 heteroatoms. The second kappa shape index (κ2) is 13.3. The minimum Gasteiger partial charge on any atom is -0.323 e. The summed E-state index contributed by atoms with van der Waals surface area (Å²) in [7, 11) is 0. The molecule has 2 amide bonds. The first-order valence-corrected chi connectivity index (χ1v) is 12.4. The molecule has 0 aliphatic rings. The number of anilines is 2. The van der Waals surface area contributed by atoms with E-state index in [2.05, 4.69) is 10.6 Å². The molecule has 0 spiro atoms. The van der Waals surface area contributed by atoms with Crippen molar-refractivity contribution in [2.24, 2.45) is 0 Å². The van der Waals surface area contributed by atoms with Gasteiger partial charge in [-0.15, -0.1) is 0 Å². The molecule has 4 aromatic rings. The maximum absolute atomic E-state index is 12.2. The summed E-state index contributed by atoms with van der Waals surface area (Å²) in [5, 5.41) is 27.0. The molecule has 0 aliphatic carbocycles. The molecule has 0 aromatic heterocycles. The monoisotopic (exact) mass is 548 g/mol. The number of rotatable bonds is 10. The maximum atomic E-state index is 12.2. The normalized spacial score (nSPS) is 10.9. The fraction of sp³-hybridized carbons (Fsp3) is 0.0323. The summed E-state index contributed by atoms with van der Waals surface area (Å²) >= 11 is 0. The molecule has 0 saturated heterocycles. The zero-order valence-corrected chi connectivity index (χ0v) is 21.6.